The molecule has 1 unspecified atom stereocenters. The molecule has 0 fully saturated rings. The van der Waals surface area contributed by atoms with Gasteiger partial charge >= 0.3 is 0 Å². The average molecular weight is 643 g/mol. The van der Waals surface area contributed by atoms with Gasteiger partial charge in [0.25, 0.3) is 0 Å². The molecule has 1 aliphatic carbocycles. The lowest BCUT2D eigenvalue weighted by atomic mass is 9.73. The molecule has 0 radical (unpaired) electrons. The number of benzene rings is 9. The Morgan fingerprint density at radius 3 is 1.54 bits per heavy atom. The molecule has 50 heavy (non-hydrogen) atoms. The molecular formula is C50H42. The van der Waals surface area contributed by atoms with Crippen molar-refractivity contribution in [1.29, 1.82) is 0 Å². The minimum atomic E-state index is 0.110. The smallest absolute Gasteiger partial charge is 0.00206 e. The van der Waals surface area contributed by atoms with Crippen molar-refractivity contribution in [3.63, 3.8) is 0 Å². The highest BCUT2D eigenvalue weighted by molar-refractivity contribution is 6.26. The molecule has 0 aliphatic heterocycles. The minimum Gasteiger partial charge on any atom is -0.0727 e. The Labute approximate surface area is 294 Å². The summed E-state index contributed by atoms with van der Waals surface area (Å²) in [6.07, 6.45) is 3.64. The summed E-state index contributed by atoms with van der Waals surface area (Å²) in [5.41, 5.74) is 8.38. The van der Waals surface area contributed by atoms with Crippen LogP contribution < -0.4 is 5.22 Å². The van der Waals surface area contributed by atoms with Crippen LogP contribution in [0.1, 0.15) is 52.7 Å². The third-order valence-corrected chi connectivity index (χ3v) is 11.9. The van der Waals surface area contributed by atoms with Crippen LogP contribution in [-0.4, -0.2) is 0 Å². The Bertz CT molecular complexity index is 2890. The van der Waals surface area contributed by atoms with Gasteiger partial charge in [-0.2, -0.15) is 0 Å². The van der Waals surface area contributed by atoms with Gasteiger partial charge < -0.3 is 0 Å². The van der Waals surface area contributed by atoms with Crippen LogP contribution in [0, 0.1) is 11.3 Å². The second-order valence-electron chi connectivity index (χ2n) is 17.1. The van der Waals surface area contributed by atoms with E-state index in [1.807, 2.05) is 0 Å². The van der Waals surface area contributed by atoms with Gasteiger partial charge in [-0.15, -0.1) is 0 Å². The molecule has 9 aromatic carbocycles. The molecule has 1 aliphatic rings. The maximum absolute atomic E-state index is 2.53. The van der Waals surface area contributed by atoms with Crippen LogP contribution in [0.15, 0.2) is 121 Å². The van der Waals surface area contributed by atoms with E-state index in [1.165, 1.54) is 103 Å². The van der Waals surface area contributed by atoms with Crippen molar-refractivity contribution in [2.75, 3.05) is 0 Å². The molecular weight excluding hydrogens is 601 g/mol. The molecule has 0 aromatic heterocycles. The Balaban J connectivity index is 1.09. The van der Waals surface area contributed by atoms with Gasteiger partial charge in [0.1, 0.15) is 0 Å². The fraction of sp³-hybridized carbons (Fsp3) is 0.200. The van der Waals surface area contributed by atoms with Crippen LogP contribution in [-0.2, 0) is 11.8 Å². The lowest BCUT2D eigenvalue weighted by Crippen LogP contribution is -2.26. The molecule has 0 heterocycles. The van der Waals surface area contributed by atoms with Crippen molar-refractivity contribution < 1.29 is 0 Å². The maximum Gasteiger partial charge on any atom is -0.00206 e. The monoisotopic (exact) mass is 642 g/mol. The van der Waals surface area contributed by atoms with Gasteiger partial charge in [-0.1, -0.05) is 157 Å². The van der Waals surface area contributed by atoms with Gasteiger partial charge in [0.15, 0.2) is 0 Å². The van der Waals surface area contributed by atoms with E-state index in [0.29, 0.717) is 5.92 Å². The molecule has 9 aromatic rings. The van der Waals surface area contributed by atoms with Crippen molar-refractivity contribution in [2.24, 2.45) is 11.3 Å². The van der Waals surface area contributed by atoms with E-state index in [0.717, 1.165) is 6.42 Å². The molecule has 10 rings (SSSR count). The van der Waals surface area contributed by atoms with Crippen molar-refractivity contribution in [1.82, 2.24) is 0 Å². The Kier molecular flexibility index (Phi) is 6.04. The Morgan fingerprint density at radius 1 is 0.440 bits per heavy atom. The number of hydrogen-bond acceptors (Lipinski definition) is 0. The summed E-state index contributed by atoms with van der Waals surface area (Å²) >= 11 is 0. The van der Waals surface area contributed by atoms with E-state index in [4.69, 9.17) is 0 Å². The van der Waals surface area contributed by atoms with E-state index in [-0.39, 0.29) is 10.8 Å². The molecule has 0 saturated heterocycles. The maximum atomic E-state index is 2.53. The summed E-state index contributed by atoms with van der Waals surface area (Å²) in [6, 6.07) is 46.9. The molecule has 0 heteroatoms. The predicted molar refractivity (Wildman–Crippen MR) is 219 cm³/mol. The highest BCUT2D eigenvalue weighted by atomic mass is 14.3. The SMILES string of the molecule is CC(C)(C)c1cc2ccc3ccc(-c4ccc5cc(-c6ccc7ccc8c9c(ccc6c79)CC(C(C)(C)C)C=8)ccc5c4)c4ccc(c1)c2c34. The molecule has 0 bridgehead atoms. The Morgan fingerprint density at radius 2 is 0.940 bits per heavy atom. The van der Waals surface area contributed by atoms with E-state index in [9.17, 15) is 0 Å². The lowest BCUT2D eigenvalue weighted by Gasteiger charge is -2.31. The topological polar surface area (TPSA) is 0 Å². The predicted octanol–water partition coefficient (Wildman–Crippen LogP) is 13.4. The van der Waals surface area contributed by atoms with Gasteiger partial charge in [0.2, 0.25) is 0 Å². The van der Waals surface area contributed by atoms with Crippen molar-refractivity contribution in [2.45, 2.75) is 53.4 Å². The first-order valence-electron chi connectivity index (χ1n) is 18.3. The quantitative estimate of drug-likeness (QED) is 0.165. The zero-order valence-electron chi connectivity index (χ0n) is 29.9. The lowest BCUT2D eigenvalue weighted by molar-refractivity contribution is 0.306. The van der Waals surface area contributed by atoms with E-state index >= 15 is 0 Å². The molecule has 242 valence electrons. The summed E-state index contributed by atoms with van der Waals surface area (Å²) in [4.78, 5) is 0. The van der Waals surface area contributed by atoms with Crippen molar-refractivity contribution in [3.05, 3.63) is 138 Å². The summed E-state index contributed by atoms with van der Waals surface area (Å²) in [5.74, 6) is 0.546. The third kappa shape index (κ3) is 4.37. The fourth-order valence-corrected chi connectivity index (χ4v) is 8.96. The summed E-state index contributed by atoms with van der Waals surface area (Å²) < 4.78 is 0. The molecule has 0 N–H and O–H groups in total. The van der Waals surface area contributed by atoms with Gasteiger partial charge in [-0.05, 0) is 139 Å². The van der Waals surface area contributed by atoms with Gasteiger partial charge in [-0.3, -0.25) is 0 Å². The highest BCUT2D eigenvalue weighted by Crippen LogP contribution is 2.43. The number of rotatable bonds is 2. The first-order chi connectivity index (χ1) is 24.0. The normalized spacial score (nSPS) is 15.3. The van der Waals surface area contributed by atoms with Crippen LogP contribution in [0.4, 0.5) is 0 Å². The zero-order valence-corrected chi connectivity index (χ0v) is 29.9. The fourth-order valence-electron chi connectivity index (χ4n) is 8.96. The first kappa shape index (κ1) is 29.7. The van der Waals surface area contributed by atoms with Gasteiger partial charge in [0, 0.05) is 0 Å². The summed E-state index contributed by atoms with van der Waals surface area (Å²) in [5, 5.41) is 17.6. The zero-order chi connectivity index (χ0) is 34.1. The number of fused-ring (bicyclic) bond motifs is 1. The minimum absolute atomic E-state index is 0.110. The van der Waals surface area contributed by atoms with Crippen LogP contribution in [0.3, 0.4) is 0 Å². The molecule has 0 amide bonds. The van der Waals surface area contributed by atoms with Crippen molar-refractivity contribution >= 4 is 70.7 Å². The van der Waals surface area contributed by atoms with Crippen molar-refractivity contribution in [3.8, 4) is 22.3 Å². The van der Waals surface area contributed by atoms with Crippen LogP contribution in [0.25, 0.3) is 93.0 Å². The third-order valence-electron chi connectivity index (χ3n) is 11.9. The highest BCUT2D eigenvalue weighted by Gasteiger charge is 2.27. The van der Waals surface area contributed by atoms with Gasteiger partial charge in [-0.25, -0.2) is 0 Å². The summed E-state index contributed by atoms with van der Waals surface area (Å²) in [7, 11) is 0. The molecule has 0 saturated carbocycles. The van der Waals surface area contributed by atoms with E-state index in [2.05, 4.69) is 169 Å². The molecule has 1 atom stereocenters. The molecule has 0 nitrogen and oxygen atoms in total. The standard InChI is InChI=1S/C50H42/c1-49(2,3)39-25-35-13-7-29-15-19-41(43-21-17-37(27-39)45(35)47(29)43)33-11-9-32-24-34(12-10-31(32)23-33)42-20-16-30-8-14-36-26-40(50(4,5)6)28-38-18-22-44(42)48(30)46(36)38/h7-27,40H,28H2,1-6H3. The summed E-state index contributed by atoms with van der Waals surface area (Å²) in [6.45, 7) is 14.0. The van der Waals surface area contributed by atoms with Crippen LogP contribution in [0.2, 0.25) is 0 Å². The van der Waals surface area contributed by atoms with E-state index in [1.54, 1.807) is 0 Å². The largest absolute Gasteiger partial charge is 0.0727 e. The second-order valence-corrected chi connectivity index (χ2v) is 17.1. The second kappa shape index (κ2) is 10.2. The van der Waals surface area contributed by atoms with E-state index < -0.39 is 0 Å². The first-order valence-corrected chi connectivity index (χ1v) is 18.3. The number of hydrogen-bond donors (Lipinski definition) is 0. The Hall–Kier alpha value is -5.20. The average Bonchev–Trinajstić information content (AvgIpc) is 3.11. The van der Waals surface area contributed by atoms with Gasteiger partial charge in [0.05, 0.1) is 0 Å². The van der Waals surface area contributed by atoms with Crippen LogP contribution >= 0.6 is 0 Å². The molecule has 0 spiro atoms. The van der Waals surface area contributed by atoms with Crippen LogP contribution in [0.5, 0.6) is 0 Å².